The number of carbonyl (C=O) groups is 2. The monoisotopic (exact) mass is 574 g/mol. The minimum atomic E-state index is -1.34. The molecule has 0 spiro atoms. The highest BCUT2D eigenvalue weighted by Gasteiger charge is 2.29. The quantitative estimate of drug-likeness (QED) is 0.141. The van der Waals surface area contributed by atoms with E-state index in [0.29, 0.717) is 16.5 Å². The normalized spacial score (nSPS) is 12.3. The molecule has 0 aliphatic rings. The number of nitrogens with one attached hydrogen (secondary N) is 1. The van der Waals surface area contributed by atoms with Crippen molar-refractivity contribution in [1.29, 1.82) is 0 Å². The summed E-state index contributed by atoms with van der Waals surface area (Å²) in [7, 11) is 0. The molecule has 206 valence electrons. The Morgan fingerprint density at radius 2 is 2.05 bits per heavy atom. The van der Waals surface area contributed by atoms with E-state index < -0.39 is 29.4 Å². The number of nitrogens with zero attached hydrogens (tertiary/aromatic N) is 2. The van der Waals surface area contributed by atoms with Crippen molar-refractivity contribution in [2.24, 2.45) is 5.73 Å². The van der Waals surface area contributed by atoms with Crippen molar-refractivity contribution in [2.45, 2.75) is 19.5 Å². The summed E-state index contributed by atoms with van der Waals surface area (Å²) in [6.07, 6.45) is 2.73. The third-order valence-corrected chi connectivity index (χ3v) is 7.07. The second-order valence-corrected chi connectivity index (χ2v) is 9.80. The average molecular weight is 575 g/mol. The summed E-state index contributed by atoms with van der Waals surface area (Å²) in [6, 6.07) is 11.4. The van der Waals surface area contributed by atoms with Gasteiger partial charge in [-0.15, -0.1) is 0 Å². The first kappa shape index (κ1) is 26.2. The molecule has 1 unspecified atom stereocenters. The van der Waals surface area contributed by atoms with Crippen LogP contribution >= 0.6 is 11.6 Å². The number of carboxylic acids is 1. The van der Waals surface area contributed by atoms with Gasteiger partial charge in [-0.2, -0.15) is 0 Å². The lowest BCUT2D eigenvalue weighted by molar-refractivity contribution is -0.135. The lowest BCUT2D eigenvalue weighted by Crippen LogP contribution is -2.30. The van der Waals surface area contributed by atoms with Crippen LogP contribution in [0.15, 0.2) is 70.2 Å². The molecule has 0 amide bonds. The van der Waals surface area contributed by atoms with Gasteiger partial charge in [0.25, 0.3) is 5.56 Å². The maximum absolute atomic E-state index is 15.2. The number of halogens is 2. The number of fused-ring (bicyclic) bond motifs is 4. The Balaban J connectivity index is 1.57. The number of aromatic nitrogens is 3. The van der Waals surface area contributed by atoms with Crippen molar-refractivity contribution in [3.8, 4) is 16.9 Å². The van der Waals surface area contributed by atoms with E-state index in [9.17, 15) is 19.5 Å². The zero-order valence-electron chi connectivity index (χ0n) is 21.3. The van der Waals surface area contributed by atoms with Crippen LogP contribution in [0.4, 0.5) is 4.39 Å². The van der Waals surface area contributed by atoms with Crippen molar-refractivity contribution in [1.82, 2.24) is 14.5 Å². The fourth-order valence-electron chi connectivity index (χ4n) is 4.89. The summed E-state index contributed by atoms with van der Waals surface area (Å²) >= 11 is 6.56. The van der Waals surface area contributed by atoms with Gasteiger partial charge < -0.3 is 29.5 Å². The molecule has 4 heterocycles. The van der Waals surface area contributed by atoms with E-state index in [1.54, 1.807) is 24.3 Å². The van der Waals surface area contributed by atoms with Gasteiger partial charge in [-0.3, -0.25) is 4.79 Å². The smallest absolute Gasteiger partial charge is 0.353 e. The number of carboxylic acid groups (broad SMARTS) is 1. The van der Waals surface area contributed by atoms with Crippen LogP contribution < -0.4 is 16.0 Å². The molecule has 10 nitrogen and oxygen atoms in total. The van der Waals surface area contributed by atoms with Gasteiger partial charge in [-0.25, -0.2) is 19.0 Å². The molecule has 0 saturated heterocycles. The molecule has 0 radical (unpaired) electrons. The van der Waals surface area contributed by atoms with E-state index >= 15 is 4.39 Å². The number of ether oxygens (including phenoxy) is 1. The molecule has 0 aliphatic carbocycles. The second-order valence-electron chi connectivity index (χ2n) is 9.45. The van der Waals surface area contributed by atoms with Crippen LogP contribution in [-0.2, 0) is 11.3 Å². The molecule has 12 heteroatoms. The van der Waals surface area contributed by atoms with Gasteiger partial charge in [0.2, 0.25) is 0 Å². The van der Waals surface area contributed by atoms with Crippen molar-refractivity contribution < 1.29 is 28.2 Å². The summed E-state index contributed by atoms with van der Waals surface area (Å²) in [5, 5.41) is 11.5. The third-order valence-electron chi connectivity index (χ3n) is 6.74. The minimum Gasteiger partial charge on any atom is -0.477 e. The summed E-state index contributed by atoms with van der Waals surface area (Å²) < 4.78 is 27.4. The third kappa shape index (κ3) is 4.41. The van der Waals surface area contributed by atoms with Crippen LogP contribution in [-0.4, -0.2) is 37.6 Å². The molecule has 2 aromatic carbocycles. The van der Waals surface area contributed by atoms with Gasteiger partial charge in [0.15, 0.2) is 0 Å². The van der Waals surface area contributed by atoms with Gasteiger partial charge in [-0.1, -0.05) is 11.6 Å². The number of esters is 1. The largest absolute Gasteiger partial charge is 0.477 e. The van der Waals surface area contributed by atoms with Gasteiger partial charge in [0.1, 0.15) is 34.0 Å². The average Bonchev–Trinajstić information content (AvgIpc) is 3.53. The molecule has 0 aliphatic heterocycles. The first-order valence-corrected chi connectivity index (χ1v) is 12.7. The van der Waals surface area contributed by atoms with Gasteiger partial charge in [-0.05, 0) is 49.4 Å². The molecule has 41 heavy (non-hydrogen) atoms. The van der Waals surface area contributed by atoms with Crippen LogP contribution in [0.25, 0.3) is 43.9 Å². The van der Waals surface area contributed by atoms with Crippen LogP contribution in [0.2, 0.25) is 5.15 Å². The van der Waals surface area contributed by atoms with E-state index in [1.165, 1.54) is 48.2 Å². The summed E-state index contributed by atoms with van der Waals surface area (Å²) in [6.45, 7) is 1.38. The predicted molar refractivity (Wildman–Crippen MR) is 150 cm³/mol. The maximum atomic E-state index is 15.2. The van der Waals surface area contributed by atoms with Gasteiger partial charge in [0.05, 0.1) is 40.2 Å². The van der Waals surface area contributed by atoms with Crippen LogP contribution in [0.1, 0.15) is 23.0 Å². The maximum Gasteiger partial charge on any atom is 0.353 e. The Kier molecular flexibility index (Phi) is 6.32. The predicted octanol–water partition coefficient (Wildman–Crippen LogP) is 5.08. The highest BCUT2D eigenvalue weighted by Crippen LogP contribution is 2.40. The highest BCUT2D eigenvalue weighted by atomic mass is 35.5. The molecular weight excluding hydrogens is 555 g/mol. The zero-order chi connectivity index (χ0) is 29.0. The highest BCUT2D eigenvalue weighted by molar-refractivity contribution is 6.30. The van der Waals surface area contributed by atoms with Crippen LogP contribution in [0.3, 0.4) is 0 Å². The summed E-state index contributed by atoms with van der Waals surface area (Å²) in [4.78, 5) is 44.5. The Labute approximate surface area is 234 Å². The number of nitrogens with two attached hydrogens (primary N) is 1. The fraction of sp³-hybridized carbons (Fsp3) is 0.103. The van der Waals surface area contributed by atoms with Crippen molar-refractivity contribution in [3.05, 3.63) is 93.6 Å². The van der Waals surface area contributed by atoms with E-state index in [4.69, 9.17) is 26.5 Å². The topological polar surface area (TPSA) is 153 Å². The molecule has 6 rings (SSSR count). The van der Waals surface area contributed by atoms with Gasteiger partial charge in [0, 0.05) is 28.8 Å². The molecular formula is C29H20ClFN4O6. The molecule has 0 bridgehead atoms. The van der Waals surface area contributed by atoms with E-state index in [1.807, 2.05) is 0 Å². The summed E-state index contributed by atoms with van der Waals surface area (Å²) in [5.41, 5.74) is 6.09. The number of pyridine rings is 2. The van der Waals surface area contributed by atoms with Crippen molar-refractivity contribution >= 4 is 56.3 Å². The number of carbonyl (C=O) groups excluding carboxylic acids is 1. The molecule has 4 N–H and O–H groups in total. The second kappa shape index (κ2) is 9.88. The fourth-order valence-corrected chi connectivity index (χ4v) is 5.10. The molecule has 4 aromatic heterocycles. The standard InChI is InChI=1S/C29H20ClFN4O6/c1-13(32)29(39)41-16-5-4-14-9-15(26(30)34-20(14)10-16)12-35-21-11-19(31)17-6-8-40-25(17)23(21)22(24(35)28(37)38)18-3-2-7-33-27(18)36/h2-11,13H,12,32H2,1H3,(H,33,36)(H,37,38). The van der Waals surface area contributed by atoms with E-state index in [-0.39, 0.29) is 56.1 Å². The Morgan fingerprint density at radius 3 is 2.78 bits per heavy atom. The minimum absolute atomic E-state index is 0.0463. The first-order chi connectivity index (χ1) is 19.6. The zero-order valence-corrected chi connectivity index (χ0v) is 22.0. The number of H-pyrrole nitrogens is 1. The Bertz CT molecular complexity index is 2100. The van der Waals surface area contributed by atoms with Crippen molar-refractivity contribution in [3.63, 3.8) is 0 Å². The Hall–Kier alpha value is -5.00. The number of benzene rings is 2. The number of aromatic carboxylic acids is 1. The van der Waals surface area contributed by atoms with Crippen molar-refractivity contribution in [2.75, 3.05) is 0 Å². The lowest BCUT2D eigenvalue weighted by atomic mass is 10.0. The van der Waals surface area contributed by atoms with E-state index in [0.717, 1.165) is 0 Å². The number of rotatable bonds is 6. The molecule has 6 aromatic rings. The summed E-state index contributed by atoms with van der Waals surface area (Å²) in [5.74, 6) is -2.35. The number of hydrogen-bond donors (Lipinski definition) is 3. The number of hydrogen-bond acceptors (Lipinski definition) is 7. The number of aromatic amines is 1. The Morgan fingerprint density at radius 1 is 1.24 bits per heavy atom. The molecule has 1 atom stereocenters. The SMILES string of the molecule is CC(N)C(=O)Oc1ccc2cc(Cn3c(C(=O)O)c(-c4ccc[nH]c4=O)c4c5occc5c(F)cc43)c(Cl)nc2c1. The molecule has 0 fully saturated rings. The van der Waals surface area contributed by atoms with E-state index in [2.05, 4.69) is 9.97 Å². The van der Waals surface area contributed by atoms with Crippen LogP contribution in [0.5, 0.6) is 5.75 Å². The van der Waals surface area contributed by atoms with Gasteiger partial charge >= 0.3 is 11.9 Å². The lowest BCUT2D eigenvalue weighted by Gasteiger charge is -2.12. The molecule has 0 saturated carbocycles. The number of furan rings is 1. The van der Waals surface area contributed by atoms with Crippen LogP contribution in [0, 0.1) is 5.82 Å². The first-order valence-electron chi connectivity index (χ1n) is 12.3.